The minimum Gasteiger partial charge on any atom is -0.346 e. The molecule has 0 aliphatic heterocycles. The van der Waals surface area contributed by atoms with Gasteiger partial charge in [0.25, 0.3) is 5.91 Å². The van der Waals surface area contributed by atoms with Gasteiger partial charge in [-0.3, -0.25) is 19.7 Å². The second-order valence-corrected chi connectivity index (χ2v) is 4.81. The van der Waals surface area contributed by atoms with Crippen LogP contribution in [0, 0.1) is 10.1 Å². The van der Waals surface area contributed by atoms with Gasteiger partial charge < -0.3 is 10.3 Å². The molecule has 0 saturated carbocycles. The van der Waals surface area contributed by atoms with Crippen molar-refractivity contribution in [3.05, 3.63) is 53.8 Å². The van der Waals surface area contributed by atoms with E-state index in [1.54, 1.807) is 5.38 Å². The number of nitrogens with one attached hydrogen (secondary N) is 2. The number of aromatic amines is 1. The Bertz CT molecular complexity index is 726. The maximum absolute atomic E-state index is 11.9. The third-order valence-corrected chi connectivity index (χ3v) is 3.31. The lowest BCUT2D eigenvalue weighted by molar-refractivity contribution is -0.385. The maximum Gasteiger partial charge on any atom is 0.319 e. The minimum absolute atomic E-state index is 0.0503. The number of hydrogen-bond acceptors (Lipinski definition) is 6. The van der Waals surface area contributed by atoms with E-state index in [2.05, 4.69) is 15.3 Å². The van der Waals surface area contributed by atoms with E-state index in [-0.39, 0.29) is 22.1 Å². The Hall–Kier alpha value is -2.26. The summed E-state index contributed by atoms with van der Waals surface area (Å²) in [5.41, 5.74) is -0.228. The number of pyridine rings is 1. The van der Waals surface area contributed by atoms with Crippen LogP contribution in [-0.4, -0.2) is 20.8 Å². The fourth-order valence-electron chi connectivity index (χ4n) is 1.46. The van der Waals surface area contributed by atoms with Gasteiger partial charge >= 0.3 is 10.6 Å². The molecule has 0 spiro atoms. The molecule has 10 heteroatoms. The van der Waals surface area contributed by atoms with Crippen LogP contribution in [0.25, 0.3) is 0 Å². The van der Waals surface area contributed by atoms with Crippen molar-refractivity contribution in [2.75, 3.05) is 0 Å². The summed E-state index contributed by atoms with van der Waals surface area (Å²) < 4.78 is 0. The highest BCUT2D eigenvalue weighted by atomic mass is 35.5. The summed E-state index contributed by atoms with van der Waals surface area (Å²) in [6, 6.07) is 1.20. The monoisotopic (exact) mass is 314 g/mol. The highest BCUT2D eigenvalue weighted by molar-refractivity contribution is 7.07. The SMILES string of the molecule is O=C(NCc1csc(=O)[nH]1)c1ccnc(Cl)c1[N+](=O)[O-]. The summed E-state index contributed by atoms with van der Waals surface area (Å²) in [5.74, 6) is -0.673. The molecule has 0 fully saturated rings. The lowest BCUT2D eigenvalue weighted by atomic mass is 10.2. The van der Waals surface area contributed by atoms with Gasteiger partial charge in [0.1, 0.15) is 5.56 Å². The number of carbonyl (C=O) groups is 1. The molecule has 2 N–H and O–H groups in total. The maximum atomic E-state index is 11.9. The summed E-state index contributed by atoms with van der Waals surface area (Å²) in [5, 5.41) is 14.5. The van der Waals surface area contributed by atoms with E-state index < -0.39 is 16.5 Å². The van der Waals surface area contributed by atoms with Crippen molar-refractivity contribution in [3.8, 4) is 0 Å². The first-order valence-corrected chi connectivity index (χ1v) is 6.48. The predicted molar refractivity (Wildman–Crippen MR) is 72.0 cm³/mol. The molecule has 0 bridgehead atoms. The molecule has 0 aliphatic rings. The van der Waals surface area contributed by atoms with Crippen LogP contribution in [0.2, 0.25) is 5.15 Å². The number of nitrogens with zero attached hydrogens (tertiary/aromatic N) is 2. The van der Waals surface area contributed by atoms with Gasteiger partial charge in [0.05, 0.1) is 11.5 Å². The van der Waals surface area contributed by atoms with Crippen molar-refractivity contribution >= 4 is 34.5 Å². The second kappa shape index (κ2) is 5.80. The molecule has 2 rings (SSSR count). The number of amides is 1. The van der Waals surface area contributed by atoms with E-state index in [0.29, 0.717) is 5.69 Å². The van der Waals surface area contributed by atoms with Gasteiger partial charge in [-0.15, -0.1) is 0 Å². The molecule has 0 saturated heterocycles. The zero-order valence-electron chi connectivity index (χ0n) is 9.75. The number of carbonyl (C=O) groups excluding carboxylic acids is 1. The van der Waals surface area contributed by atoms with E-state index in [1.807, 2.05) is 0 Å². The van der Waals surface area contributed by atoms with Crippen LogP contribution < -0.4 is 10.2 Å². The van der Waals surface area contributed by atoms with Crippen LogP contribution in [0.3, 0.4) is 0 Å². The first kappa shape index (κ1) is 14.2. The second-order valence-electron chi connectivity index (χ2n) is 3.61. The predicted octanol–water partition coefficient (Wildman–Crippen LogP) is 1.32. The standard InChI is InChI=1S/C10H7ClN4O4S/c11-8-7(15(18)19)6(1-2-12-8)9(16)13-3-5-4-20-10(17)14-5/h1-2,4H,3H2,(H,13,16)(H,14,17). The Kier molecular flexibility index (Phi) is 4.11. The molecule has 1 amide bonds. The summed E-state index contributed by atoms with van der Waals surface area (Å²) in [7, 11) is 0. The van der Waals surface area contributed by atoms with Crippen molar-refractivity contribution in [1.82, 2.24) is 15.3 Å². The highest BCUT2D eigenvalue weighted by Crippen LogP contribution is 2.25. The van der Waals surface area contributed by atoms with Crippen molar-refractivity contribution < 1.29 is 9.72 Å². The van der Waals surface area contributed by atoms with Gasteiger partial charge in [-0.25, -0.2) is 4.98 Å². The summed E-state index contributed by atoms with van der Waals surface area (Å²) in [6.45, 7) is 0.0503. The van der Waals surface area contributed by atoms with E-state index in [4.69, 9.17) is 11.6 Å². The number of hydrogen-bond donors (Lipinski definition) is 2. The molecule has 0 aromatic carbocycles. The number of thiazole rings is 1. The van der Waals surface area contributed by atoms with Crippen LogP contribution in [-0.2, 0) is 6.54 Å². The van der Waals surface area contributed by atoms with Gasteiger partial charge in [0.2, 0.25) is 5.15 Å². The van der Waals surface area contributed by atoms with E-state index in [9.17, 15) is 19.7 Å². The molecule has 2 heterocycles. The smallest absolute Gasteiger partial charge is 0.319 e. The van der Waals surface area contributed by atoms with Gasteiger partial charge in [-0.05, 0) is 6.07 Å². The summed E-state index contributed by atoms with van der Waals surface area (Å²) in [4.78, 5) is 38.8. The molecule has 0 radical (unpaired) electrons. The molecule has 8 nitrogen and oxygen atoms in total. The largest absolute Gasteiger partial charge is 0.346 e. The third kappa shape index (κ3) is 3.00. The zero-order valence-corrected chi connectivity index (χ0v) is 11.3. The number of halogens is 1. The van der Waals surface area contributed by atoms with Gasteiger partial charge in [-0.2, -0.15) is 0 Å². The molecule has 104 valence electrons. The summed E-state index contributed by atoms with van der Waals surface area (Å²) >= 11 is 6.57. The Morgan fingerprint density at radius 2 is 2.35 bits per heavy atom. The van der Waals surface area contributed by atoms with Crippen LogP contribution in [0.15, 0.2) is 22.4 Å². The Balaban J connectivity index is 2.19. The van der Waals surface area contributed by atoms with Crippen molar-refractivity contribution in [2.45, 2.75) is 6.54 Å². The Labute approximate surface area is 120 Å². The zero-order chi connectivity index (χ0) is 14.7. The fraction of sp³-hybridized carbons (Fsp3) is 0.100. The highest BCUT2D eigenvalue weighted by Gasteiger charge is 2.24. The lowest BCUT2D eigenvalue weighted by Gasteiger charge is -2.04. The first-order valence-electron chi connectivity index (χ1n) is 5.23. The van der Waals surface area contributed by atoms with Gasteiger partial charge in [-0.1, -0.05) is 22.9 Å². The van der Waals surface area contributed by atoms with E-state index in [0.717, 1.165) is 11.3 Å². The van der Waals surface area contributed by atoms with Crippen molar-refractivity contribution in [2.24, 2.45) is 0 Å². The van der Waals surface area contributed by atoms with Crippen LogP contribution >= 0.6 is 22.9 Å². The molecular formula is C10H7ClN4O4S. The van der Waals surface area contributed by atoms with Crippen LogP contribution in [0.4, 0.5) is 5.69 Å². The molecule has 20 heavy (non-hydrogen) atoms. The Morgan fingerprint density at radius 1 is 1.60 bits per heavy atom. The number of nitro groups is 1. The third-order valence-electron chi connectivity index (χ3n) is 2.32. The molecule has 2 aromatic heterocycles. The number of H-pyrrole nitrogens is 1. The summed E-state index contributed by atoms with van der Waals surface area (Å²) in [6.07, 6.45) is 1.21. The van der Waals surface area contributed by atoms with Crippen molar-refractivity contribution in [3.63, 3.8) is 0 Å². The average molecular weight is 315 g/mol. The molecular weight excluding hydrogens is 308 g/mol. The van der Waals surface area contributed by atoms with Crippen molar-refractivity contribution in [1.29, 1.82) is 0 Å². The van der Waals surface area contributed by atoms with Gasteiger partial charge in [0.15, 0.2) is 0 Å². The molecule has 0 atom stereocenters. The fourth-order valence-corrected chi connectivity index (χ4v) is 2.27. The normalized spacial score (nSPS) is 10.2. The number of aromatic nitrogens is 2. The molecule has 0 aliphatic carbocycles. The van der Waals surface area contributed by atoms with Crippen LogP contribution in [0.1, 0.15) is 16.1 Å². The lowest BCUT2D eigenvalue weighted by Crippen LogP contribution is -2.24. The van der Waals surface area contributed by atoms with Gasteiger partial charge in [0, 0.05) is 17.3 Å². The quantitative estimate of drug-likeness (QED) is 0.501. The van der Waals surface area contributed by atoms with E-state index in [1.165, 1.54) is 12.3 Å². The number of rotatable bonds is 4. The average Bonchev–Trinajstić information content (AvgIpc) is 2.81. The topological polar surface area (TPSA) is 118 Å². The minimum atomic E-state index is -0.767. The Morgan fingerprint density at radius 3 is 2.95 bits per heavy atom. The van der Waals surface area contributed by atoms with E-state index >= 15 is 0 Å². The van der Waals surface area contributed by atoms with Crippen LogP contribution in [0.5, 0.6) is 0 Å². The molecule has 2 aromatic rings. The first-order chi connectivity index (χ1) is 9.49. The molecule has 0 unspecified atom stereocenters.